The number of halogens is 1. The van der Waals surface area contributed by atoms with E-state index >= 15 is 0 Å². The number of benzene rings is 1. The average molecular weight is 360 g/mol. The van der Waals surface area contributed by atoms with E-state index in [1.165, 1.54) is 12.1 Å². The van der Waals surface area contributed by atoms with Gasteiger partial charge in [-0.1, -0.05) is 24.3 Å². The number of guanidine groups is 1. The van der Waals surface area contributed by atoms with Gasteiger partial charge in [0.1, 0.15) is 5.82 Å². The van der Waals surface area contributed by atoms with Crippen LogP contribution in [0.1, 0.15) is 31.4 Å². The first-order chi connectivity index (χ1) is 12.8. The summed E-state index contributed by atoms with van der Waals surface area (Å²) in [5.74, 6) is 0.642. The van der Waals surface area contributed by atoms with Crippen molar-refractivity contribution in [1.82, 2.24) is 15.5 Å². The van der Waals surface area contributed by atoms with Crippen LogP contribution in [0.4, 0.5) is 4.39 Å². The zero-order valence-electron chi connectivity index (χ0n) is 15.5. The highest BCUT2D eigenvalue weighted by Crippen LogP contribution is 2.23. The lowest BCUT2D eigenvalue weighted by Crippen LogP contribution is -2.44. The quantitative estimate of drug-likeness (QED) is 0.465. The van der Waals surface area contributed by atoms with Crippen LogP contribution in [0, 0.1) is 5.82 Å². The highest BCUT2D eigenvalue weighted by atomic mass is 19.1. The van der Waals surface area contributed by atoms with Crippen LogP contribution >= 0.6 is 0 Å². The third-order valence-corrected chi connectivity index (χ3v) is 4.86. The van der Waals surface area contributed by atoms with Crippen molar-refractivity contribution in [3.8, 4) is 0 Å². The molecule has 0 radical (unpaired) electrons. The SMILES string of the molecule is CCNC(=NCC(c1ccc(F)cc1)N1CCOCC1)NC1CC=CC1. The molecule has 0 saturated carbocycles. The molecular weight excluding hydrogens is 331 g/mol. The maximum atomic E-state index is 13.3. The van der Waals surface area contributed by atoms with E-state index in [1.54, 1.807) is 0 Å². The van der Waals surface area contributed by atoms with Crippen molar-refractivity contribution in [3.63, 3.8) is 0 Å². The number of nitrogens with zero attached hydrogens (tertiary/aromatic N) is 2. The molecule has 0 amide bonds. The fraction of sp³-hybridized carbons (Fsp3) is 0.550. The highest BCUT2D eigenvalue weighted by molar-refractivity contribution is 5.80. The predicted octanol–water partition coefficient (Wildman–Crippen LogP) is 2.47. The number of nitrogens with one attached hydrogen (secondary N) is 2. The van der Waals surface area contributed by atoms with Crippen molar-refractivity contribution in [2.45, 2.75) is 31.8 Å². The van der Waals surface area contributed by atoms with Gasteiger partial charge in [-0.3, -0.25) is 9.89 Å². The van der Waals surface area contributed by atoms with Gasteiger partial charge in [-0.15, -0.1) is 0 Å². The molecule has 142 valence electrons. The fourth-order valence-corrected chi connectivity index (χ4v) is 3.43. The molecule has 0 bridgehead atoms. The minimum atomic E-state index is -0.207. The Morgan fingerprint density at radius 2 is 1.92 bits per heavy atom. The van der Waals surface area contributed by atoms with Crippen molar-refractivity contribution in [2.75, 3.05) is 39.4 Å². The average Bonchev–Trinajstić information content (AvgIpc) is 3.17. The maximum absolute atomic E-state index is 13.3. The van der Waals surface area contributed by atoms with Crippen molar-refractivity contribution < 1.29 is 9.13 Å². The van der Waals surface area contributed by atoms with Crippen LogP contribution in [-0.4, -0.2) is 56.3 Å². The number of aliphatic imine (C=N–C) groups is 1. The third kappa shape index (κ3) is 5.29. The molecule has 26 heavy (non-hydrogen) atoms. The monoisotopic (exact) mass is 360 g/mol. The molecule has 1 fully saturated rings. The number of rotatable bonds is 6. The molecule has 5 nitrogen and oxygen atoms in total. The molecule has 1 aromatic carbocycles. The van der Waals surface area contributed by atoms with Gasteiger partial charge in [0, 0.05) is 25.7 Å². The molecule has 1 aromatic rings. The lowest BCUT2D eigenvalue weighted by Gasteiger charge is -2.34. The summed E-state index contributed by atoms with van der Waals surface area (Å²) in [6, 6.07) is 7.33. The van der Waals surface area contributed by atoms with Gasteiger partial charge in [-0.25, -0.2) is 4.39 Å². The van der Waals surface area contributed by atoms with Gasteiger partial charge in [0.25, 0.3) is 0 Å². The van der Waals surface area contributed by atoms with Crippen molar-refractivity contribution in [3.05, 3.63) is 47.8 Å². The van der Waals surface area contributed by atoms with Gasteiger partial charge >= 0.3 is 0 Å². The Bertz CT molecular complexity index is 603. The Kier molecular flexibility index (Phi) is 7.03. The van der Waals surface area contributed by atoms with E-state index in [0.717, 1.165) is 57.2 Å². The Labute approximate surface area is 155 Å². The van der Waals surface area contributed by atoms with Gasteiger partial charge in [0.15, 0.2) is 5.96 Å². The molecule has 0 spiro atoms. The lowest BCUT2D eigenvalue weighted by atomic mass is 10.0. The second-order valence-corrected chi connectivity index (χ2v) is 6.72. The lowest BCUT2D eigenvalue weighted by molar-refractivity contribution is 0.0179. The molecule has 1 aliphatic heterocycles. The largest absolute Gasteiger partial charge is 0.379 e. The van der Waals surface area contributed by atoms with E-state index in [1.807, 2.05) is 12.1 Å². The first-order valence-electron chi connectivity index (χ1n) is 9.53. The summed E-state index contributed by atoms with van der Waals surface area (Å²) in [4.78, 5) is 7.22. The summed E-state index contributed by atoms with van der Waals surface area (Å²) in [7, 11) is 0. The van der Waals surface area contributed by atoms with Gasteiger partial charge in [0.2, 0.25) is 0 Å². The summed E-state index contributed by atoms with van der Waals surface area (Å²) in [5.41, 5.74) is 1.09. The maximum Gasteiger partial charge on any atom is 0.191 e. The fourth-order valence-electron chi connectivity index (χ4n) is 3.43. The van der Waals surface area contributed by atoms with E-state index in [0.29, 0.717) is 12.6 Å². The standard InChI is InChI=1S/C20H29FN4O/c1-2-22-20(24-18-5-3-4-6-18)23-15-19(25-11-13-26-14-12-25)16-7-9-17(21)10-8-16/h3-4,7-10,18-19H,2,5-6,11-15H2,1H3,(H2,22,23,24). The Morgan fingerprint density at radius 1 is 1.23 bits per heavy atom. The van der Waals surface area contributed by atoms with Gasteiger partial charge in [0.05, 0.1) is 25.8 Å². The van der Waals surface area contributed by atoms with E-state index in [4.69, 9.17) is 9.73 Å². The number of morpholine rings is 1. The molecule has 0 aromatic heterocycles. The summed E-state index contributed by atoms with van der Waals surface area (Å²) >= 11 is 0. The van der Waals surface area contributed by atoms with Crippen molar-refractivity contribution >= 4 is 5.96 Å². The molecule has 6 heteroatoms. The van der Waals surface area contributed by atoms with E-state index in [9.17, 15) is 4.39 Å². The zero-order valence-corrected chi connectivity index (χ0v) is 15.5. The molecule has 1 saturated heterocycles. The van der Waals surface area contributed by atoms with Crippen molar-refractivity contribution in [1.29, 1.82) is 0 Å². The molecule has 2 N–H and O–H groups in total. The number of hydrogen-bond acceptors (Lipinski definition) is 3. The topological polar surface area (TPSA) is 48.9 Å². The smallest absolute Gasteiger partial charge is 0.191 e. The van der Waals surface area contributed by atoms with Gasteiger partial charge < -0.3 is 15.4 Å². The molecular formula is C20H29FN4O. The van der Waals surface area contributed by atoms with Gasteiger partial charge in [-0.05, 0) is 37.5 Å². The number of hydrogen-bond donors (Lipinski definition) is 2. The van der Waals surface area contributed by atoms with Crippen LogP contribution in [0.2, 0.25) is 0 Å². The van der Waals surface area contributed by atoms with Gasteiger partial charge in [-0.2, -0.15) is 0 Å². The summed E-state index contributed by atoms with van der Waals surface area (Å²) in [6.45, 7) is 6.72. The van der Waals surface area contributed by atoms with E-state index < -0.39 is 0 Å². The second-order valence-electron chi connectivity index (χ2n) is 6.72. The molecule has 1 unspecified atom stereocenters. The minimum Gasteiger partial charge on any atom is -0.379 e. The second kappa shape index (κ2) is 9.69. The van der Waals surface area contributed by atoms with Crippen LogP contribution in [0.15, 0.2) is 41.4 Å². The summed E-state index contributed by atoms with van der Waals surface area (Å²) in [6.07, 6.45) is 6.48. The summed E-state index contributed by atoms with van der Waals surface area (Å²) in [5, 5.41) is 6.85. The molecule has 1 atom stereocenters. The Hall–Kier alpha value is -1.92. The predicted molar refractivity (Wildman–Crippen MR) is 103 cm³/mol. The van der Waals surface area contributed by atoms with Crippen LogP contribution in [0.5, 0.6) is 0 Å². The first-order valence-corrected chi connectivity index (χ1v) is 9.53. The normalized spacial score (nSPS) is 20.3. The summed E-state index contributed by atoms with van der Waals surface area (Å²) < 4.78 is 18.8. The number of ether oxygens (including phenoxy) is 1. The highest BCUT2D eigenvalue weighted by Gasteiger charge is 2.23. The third-order valence-electron chi connectivity index (χ3n) is 4.86. The Balaban J connectivity index is 1.72. The van der Waals surface area contributed by atoms with Crippen LogP contribution in [-0.2, 0) is 4.74 Å². The van der Waals surface area contributed by atoms with Crippen LogP contribution in [0.3, 0.4) is 0 Å². The van der Waals surface area contributed by atoms with Crippen LogP contribution < -0.4 is 10.6 Å². The minimum absolute atomic E-state index is 0.122. The molecule has 1 heterocycles. The Morgan fingerprint density at radius 3 is 2.58 bits per heavy atom. The van der Waals surface area contributed by atoms with Crippen molar-refractivity contribution in [2.24, 2.45) is 4.99 Å². The molecule has 2 aliphatic rings. The van der Waals surface area contributed by atoms with Crippen LogP contribution in [0.25, 0.3) is 0 Å². The van der Waals surface area contributed by atoms with E-state index in [2.05, 4.69) is 34.6 Å². The molecule has 3 rings (SSSR count). The first kappa shape index (κ1) is 18.9. The van der Waals surface area contributed by atoms with E-state index in [-0.39, 0.29) is 11.9 Å². The zero-order chi connectivity index (χ0) is 18.2. The molecule has 1 aliphatic carbocycles.